The second kappa shape index (κ2) is 7.44. The zero-order valence-corrected chi connectivity index (χ0v) is 15.9. The van der Waals surface area contributed by atoms with Crippen LogP contribution in [0.5, 0.6) is 0 Å². The smallest absolute Gasteiger partial charge is 0.262 e. The van der Waals surface area contributed by atoms with Gasteiger partial charge < -0.3 is 14.3 Å². The molecule has 1 N–H and O–H groups in total. The Morgan fingerprint density at radius 2 is 2.00 bits per heavy atom. The van der Waals surface area contributed by atoms with Crippen LogP contribution in [0.15, 0.2) is 63.3 Å². The fourth-order valence-corrected chi connectivity index (χ4v) is 3.76. The highest BCUT2D eigenvalue weighted by Gasteiger charge is 2.21. The van der Waals surface area contributed by atoms with Crippen LogP contribution in [0.4, 0.5) is 4.39 Å². The quantitative estimate of drug-likeness (QED) is 0.553. The predicted octanol–water partition coefficient (Wildman–Crippen LogP) is 4.08. The van der Waals surface area contributed by atoms with Gasteiger partial charge in [0.1, 0.15) is 17.2 Å². The van der Waals surface area contributed by atoms with Crippen LogP contribution in [-0.2, 0) is 13.1 Å². The third-order valence-electron chi connectivity index (χ3n) is 4.49. The molecule has 5 nitrogen and oxygen atoms in total. The number of furan rings is 1. The second-order valence-corrected chi connectivity index (χ2v) is 7.44. The molecule has 0 aliphatic heterocycles. The number of nitrogens with zero attached hydrogens (tertiary/aromatic N) is 1. The van der Waals surface area contributed by atoms with E-state index in [0.29, 0.717) is 17.9 Å². The number of halogens is 1. The Bertz CT molecular complexity index is 1190. The lowest BCUT2D eigenvalue weighted by Gasteiger charge is -2.07. The normalized spacial score (nSPS) is 11.1. The van der Waals surface area contributed by atoms with E-state index in [1.807, 2.05) is 17.5 Å². The molecule has 0 bridgehead atoms. The molecule has 0 radical (unpaired) electrons. The Morgan fingerprint density at radius 3 is 2.71 bits per heavy atom. The summed E-state index contributed by atoms with van der Waals surface area (Å²) in [7, 11) is 0. The van der Waals surface area contributed by atoms with Crippen LogP contribution in [0.1, 0.15) is 26.6 Å². The molecule has 3 heterocycles. The maximum Gasteiger partial charge on any atom is 0.262 e. The molecule has 1 amide bonds. The van der Waals surface area contributed by atoms with Gasteiger partial charge >= 0.3 is 0 Å². The van der Waals surface area contributed by atoms with Gasteiger partial charge in [-0.15, -0.1) is 11.3 Å². The van der Waals surface area contributed by atoms with Crippen LogP contribution in [0.25, 0.3) is 11.0 Å². The number of benzene rings is 1. The van der Waals surface area contributed by atoms with Gasteiger partial charge in [-0.05, 0) is 42.1 Å². The topological polar surface area (TPSA) is 64.2 Å². The predicted molar refractivity (Wildman–Crippen MR) is 106 cm³/mol. The van der Waals surface area contributed by atoms with Gasteiger partial charge in [-0.25, -0.2) is 4.39 Å². The minimum atomic E-state index is -0.346. The summed E-state index contributed by atoms with van der Waals surface area (Å²) in [4.78, 5) is 26.8. The standard InChI is InChI=1S/C21H17FN2O3S/c1-13-18(20(25)23-11-16-3-2-10-28-16)19-17(27-13)8-9-24(21(19)26)12-14-4-6-15(22)7-5-14/h2-10H,11-12H2,1H3,(H,23,25). The maximum absolute atomic E-state index is 13.1. The van der Waals surface area contributed by atoms with Crippen LogP contribution in [0, 0.1) is 12.7 Å². The average molecular weight is 396 g/mol. The van der Waals surface area contributed by atoms with Crippen LogP contribution in [0.3, 0.4) is 0 Å². The van der Waals surface area contributed by atoms with E-state index in [-0.39, 0.29) is 34.8 Å². The van der Waals surface area contributed by atoms with Crippen molar-refractivity contribution in [2.45, 2.75) is 20.0 Å². The fourth-order valence-electron chi connectivity index (χ4n) is 3.12. The van der Waals surface area contributed by atoms with Gasteiger partial charge in [0.25, 0.3) is 11.5 Å². The second-order valence-electron chi connectivity index (χ2n) is 6.41. The largest absolute Gasteiger partial charge is 0.460 e. The van der Waals surface area contributed by atoms with E-state index in [2.05, 4.69) is 5.32 Å². The Labute approximate surface area is 164 Å². The van der Waals surface area contributed by atoms with Crippen molar-refractivity contribution in [1.29, 1.82) is 0 Å². The molecular weight excluding hydrogens is 379 g/mol. The maximum atomic E-state index is 13.1. The molecule has 4 rings (SSSR count). The lowest BCUT2D eigenvalue weighted by Crippen LogP contribution is -2.26. The molecule has 0 unspecified atom stereocenters. The Morgan fingerprint density at radius 1 is 1.21 bits per heavy atom. The first-order valence-electron chi connectivity index (χ1n) is 8.70. The van der Waals surface area contributed by atoms with Crippen molar-refractivity contribution in [2.75, 3.05) is 0 Å². The average Bonchev–Trinajstić information content (AvgIpc) is 3.31. The van der Waals surface area contributed by atoms with Crippen molar-refractivity contribution in [1.82, 2.24) is 9.88 Å². The van der Waals surface area contributed by atoms with Crippen LogP contribution < -0.4 is 10.9 Å². The molecule has 0 fully saturated rings. The van der Waals surface area contributed by atoms with Crippen molar-refractivity contribution in [3.8, 4) is 0 Å². The minimum absolute atomic E-state index is 0.255. The number of carbonyl (C=O) groups is 1. The third-order valence-corrected chi connectivity index (χ3v) is 5.36. The molecule has 4 aromatic rings. The number of hydrogen-bond donors (Lipinski definition) is 1. The fraction of sp³-hybridized carbons (Fsp3) is 0.143. The highest BCUT2D eigenvalue weighted by molar-refractivity contribution is 7.09. The van der Waals surface area contributed by atoms with Crippen molar-refractivity contribution in [3.63, 3.8) is 0 Å². The van der Waals surface area contributed by atoms with Crippen LogP contribution >= 0.6 is 11.3 Å². The van der Waals surface area contributed by atoms with Gasteiger partial charge in [-0.1, -0.05) is 18.2 Å². The summed E-state index contributed by atoms with van der Waals surface area (Å²) < 4.78 is 20.2. The minimum Gasteiger partial charge on any atom is -0.460 e. The number of hydrogen-bond acceptors (Lipinski definition) is 4. The molecule has 28 heavy (non-hydrogen) atoms. The monoisotopic (exact) mass is 396 g/mol. The van der Waals surface area contributed by atoms with E-state index < -0.39 is 0 Å². The number of aromatic nitrogens is 1. The molecule has 0 spiro atoms. The molecule has 142 valence electrons. The third kappa shape index (κ3) is 3.48. The number of fused-ring (bicyclic) bond motifs is 1. The van der Waals surface area contributed by atoms with Gasteiger partial charge in [-0.3, -0.25) is 9.59 Å². The van der Waals surface area contributed by atoms with E-state index in [1.54, 1.807) is 42.7 Å². The first kappa shape index (κ1) is 18.2. The van der Waals surface area contributed by atoms with E-state index in [1.165, 1.54) is 16.7 Å². The van der Waals surface area contributed by atoms with Gasteiger partial charge in [0.05, 0.1) is 24.0 Å². The summed E-state index contributed by atoms with van der Waals surface area (Å²) in [5.74, 6) is -0.279. The molecule has 3 aromatic heterocycles. The Kier molecular flexibility index (Phi) is 4.83. The van der Waals surface area contributed by atoms with Crippen molar-refractivity contribution in [3.05, 3.63) is 92.0 Å². The Hall–Kier alpha value is -3.19. The SMILES string of the molecule is Cc1oc2ccn(Cc3ccc(F)cc3)c(=O)c2c1C(=O)NCc1cccs1. The number of amides is 1. The molecule has 0 saturated carbocycles. The summed E-state index contributed by atoms with van der Waals surface area (Å²) in [5.41, 5.74) is 1.09. The summed E-state index contributed by atoms with van der Waals surface area (Å²) in [6, 6.07) is 11.5. The van der Waals surface area contributed by atoms with Crippen molar-refractivity contribution >= 4 is 28.2 Å². The van der Waals surface area contributed by atoms with Gasteiger partial charge in [0.2, 0.25) is 0 Å². The van der Waals surface area contributed by atoms with Gasteiger partial charge in [-0.2, -0.15) is 0 Å². The lowest BCUT2D eigenvalue weighted by atomic mass is 10.1. The first-order valence-corrected chi connectivity index (χ1v) is 9.58. The molecular formula is C21H17FN2O3S. The number of thiophene rings is 1. The molecule has 1 aromatic carbocycles. The van der Waals surface area contributed by atoms with E-state index in [4.69, 9.17) is 4.42 Å². The van der Waals surface area contributed by atoms with Crippen LogP contribution in [-0.4, -0.2) is 10.5 Å². The summed E-state index contributed by atoms with van der Waals surface area (Å²) in [5, 5.41) is 5.04. The highest BCUT2D eigenvalue weighted by atomic mass is 32.1. The number of pyridine rings is 1. The zero-order chi connectivity index (χ0) is 19.7. The van der Waals surface area contributed by atoms with Crippen molar-refractivity contribution in [2.24, 2.45) is 0 Å². The highest BCUT2D eigenvalue weighted by Crippen LogP contribution is 2.23. The number of aryl methyl sites for hydroxylation is 1. The Balaban J connectivity index is 1.68. The van der Waals surface area contributed by atoms with Crippen LogP contribution in [0.2, 0.25) is 0 Å². The molecule has 0 saturated heterocycles. The first-order chi connectivity index (χ1) is 13.5. The molecule has 0 aliphatic rings. The van der Waals surface area contributed by atoms with Gasteiger partial charge in [0.15, 0.2) is 0 Å². The zero-order valence-electron chi connectivity index (χ0n) is 15.1. The van der Waals surface area contributed by atoms with E-state index in [9.17, 15) is 14.0 Å². The molecule has 0 atom stereocenters. The number of nitrogens with one attached hydrogen (secondary N) is 1. The molecule has 0 aliphatic carbocycles. The van der Waals surface area contributed by atoms with E-state index >= 15 is 0 Å². The number of carbonyl (C=O) groups excluding carboxylic acids is 1. The summed E-state index contributed by atoms with van der Waals surface area (Å²) in [6.45, 7) is 2.33. The molecule has 7 heteroatoms. The lowest BCUT2D eigenvalue weighted by molar-refractivity contribution is 0.0951. The summed E-state index contributed by atoms with van der Waals surface area (Å²) in [6.07, 6.45) is 1.62. The number of rotatable bonds is 5. The summed E-state index contributed by atoms with van der Waals surface area (Å²) >= 11 is 1.55. The van der Waals surface area contributed by atoms with Gasteiger partial charge in [0, 0.05) is 11.1 Å². The van der Waals surface area contributed by atoms with Crippen molar-refractivity contribution < 1.29 is 13.6 Å². The van der Waals surface area contributed by atoms with E-state index in [0.717, 1.165) is 10.4 Å².